The number of urea groups is 1. The van der Waals surface area contributed by atoms with Gasteiger partial charge >= 0.3 is 6.03 Å². The van der Waals surface area contributed by atoms with E-state index in [2.05, 4.69) is 10.4 Å². The molecule has 7 nitrogen and oxygen atoms in total. The van der Waals surface area contributed by atoms with E-state index in [0.717, 1.165) is 41.7 Å². The Bertz CT molecular complexity index is 1400. The Labute approximate surface area is 210 Å². The number of hydrogen-bond donors (Lipinski definition) is 2. The molecule has 0 radical (unpaired) electrons. The van der Waals surface area contributed by atoms with Crippen LogP contribution in [-0.4, -0.2) is 30.8 Å². The van der Waals surface area contributed by atoms with Gasteiger partial charge in [0.25, 0.3) is 10.0 Å². The summed E-state index contributed by atoms with van der Waals surface area (Å²) in [6.45, 7) is 0.458. The molecule has 2 N–H and O–H groups in total. The Kier molecular flexibility index (Phi) is 7.44. The van der Waals surface area contributed by atoms with Crippen LogP contribution in [0.3, 0.4) is 0 Å². The smallest absolute Gasteiger partial charge is 0.328 e. The molecule has 1 aromatic heterocycles. The molecule has 35 heavy (non-hydrogen) atoms. The van der Waals surface area contributed by atoms with Crippen molar-refractivity contribution in [1.29, 1.82) is 0 Å². The van der Waals surface area contributed by atoms with Gasteiger partial charge in [-0.3, -0.25) is 4.68 Å². The van der Waals surface area contributed by atoms with E-state index in [-0.39, 0.29) is 6.54 Å². The molecule has 0 bridgehead atoms. The third kappa shape index (κ3) is 6.01. The number of amides is 2. The first-order valence-corrected chi connectivity index (χ1v) is 12.8. The van der Waals surface area contributed by atoms with Crippen LogP contribution < -0.4 is 10.0 Å². The van der Waals surface area contributed by atoms with E-state index >= 15 is 0 Å². The van der Waals surface area contributed by atoms with Crippen molar-refractivity contribution in [3.63, 3.8) is 0 Å². The SMILES string of the molecule is O=C(NCC=C1CCCc2cnn(Cc3ccc(Cl)cc3Cl)c21)NS(=O)(=O)c1cc(F)cc(F)c1. The van der Waals surface area contributed by atoms with Crippen LogP contribution in [0.5, 0.6) is 0 Å². The monoisotopic (exact) mass is 540 g/mol. The van der Waals surface area contributed by atoms with E-state index in [0.29, 0.717) is 34.8 Å². The van der Waals surface area contributed by atoms with E-state index in [9.17, 15) is 22.0 Å². The van der Waals surface area contributed by atoms with E-state index in [1.54, 1.807) is 29.1 Å². The lowest BCUT2D eigenvalue weighted by Crippen LogP contribution is -2.39. The minimum atomic E-state index is -4.45. The number of hydrogen-bond acceptors (Lipinski definition) is 4. The van der Waals surface area contributed by atoms with Crippen LogP contribution in [0.4, 0.5) is 13.6 Å². The van der Waals surface area contributed by atoms with Gasteiger partial charge in [0.1, 0.15) is 11.6 Å². The average molecular weight is 541 g/mol. The van der Waals surface area contributed by atoms with Crippen molar-refractivity contribution in [2.45, 2.75) is 30.7 Å². The Balaban J connectivity index is 1.45. The lowest BCUT2D eigenvalue weighted by Gasteiger charge is -2.18. The predicted molar refractivity (Wildman–Crippen MR) is 129 cm³/mol. The molecule has 1 heterocycles. The first-order chi connectivity index (χ1) is 16.6. The van der Waals surface area contributed by atoms with E-state index in [1.807, 2.05) is 10.7 Å². The highest BCUT2D eigenvalue weighted by Crippen LogP contribution is 2.31. The molecule has 0 spiro atoms. The van der Waals surface area contributed by atoms with Gasteiger partial charge < -0.3 is 5.32 Å². The Morgan fingerprint density at radius 3 is 2.57 bits per heavy atom. The van der Waals surface area contributed by atoms with Gasteiger partial charge in [0.15, 0.2) is 0 Å². The van der Waals surface area contributed by atoms with Crippen molar-refractivity contribution in [3.8, 4) is 0 Å². The first kappa shape index (κ1) is 25.2. The fraction of sp³-hybridized carbons (Fsp3) is 0.217. The van der Waals surface area contributed by atoms with E-state index in [1.165, 1.54) is 0 Å². The van der Waals surface area contributed by atoms with E-state index < -0.39 is 32.6 Å². The van der Waals surface area contributed by atoms with Gasteiger partial charge in [0.05, 0.1) is 23.3 Å². The van der Waals surface area contributed by atoms with Crippen LogP contribution in [0.2, 0.25) is 10.0 Å². The van der Waals surface area contributed by atoms with Crippen LogP contribution in [0.25, 0.3) is 5.57 Å². The Morgan fingerprint density at radius 2 is 1.86 bits per heavy atom. The molecule has 4 rings (SSSR count). The normalized spacial score (nSPS) is 14.6. The van der Waals surface area contributed by atoms with Crippen LogP contribution >= 0.6 is 23.2 Å². The predicted octanol–water partition coefficient (Wildman–Crippen LogP) is 4.92. The number of sulfonamides is 1. The van der Waals surface area contributed by atoms with Gasteiger partial charge in [-0.15, -0.1) is 0 Å². The molecule has 1 aliphatic carbocycles. The van der Waals surface area contributed by atoms with Crippen molar-refractivity contribution in [1.82, 2.24) is 19.8 Å². The van der Waals surface area contributed by atoms with Crippen molar-refractivity contribution in [2.75, 3.05) is 6.54 Å². The maximum atomic E-state index is 13.3. The summed E-state index contributed by atoms with van der Waals surface area (Å²) in [7, 11) is -4.45. The molecule has 0 atom stereocenters. The lowest BCUT2D eigenvalue weighted by atomic mass is 9.92. The standard InChI is InChI=1S/C23H20Cl2F2N4O3S/c24-17-5-4-16(21(25)8-17)13-31-22-14(2-1-3-15(22)12-29-31)6-7-28-23(32)30-35(33,34)20-10-18(26)9-19(27)11-20/h4-6,8-12H,1-3,7,13H2,(H2,28,30,32). The molecule has 0 saturated carbocycles. The largest absolute Gasteiger partial charge is 0.334 e. The number of aryl methyl sites for hydroxylation is 1. The molecular formula is C23H20Cl2F2N4O3S. The molecular weight excluding hydrogens is 521 g/mol. The van der Waals surface area contributed by atoms with Gasteiger partial charge in [-0.2, -0.15) is 5.10 Å². The fourth-order valence-corrected chi connectivity index (χ4v) is 5.30. The van der Waals surface area contributed by atoms with Gasteiger partial charge in [0, 0.05) is 22.7 Å². The molecule has 0 saturated heterocycles. The quantitative estimate of drug-likeness (QED) is 0.463. The van der Waals surface area contributed by atoms with Crippen LogP contribution in [-0.2, 0) is 23.0 Å². The molecule has 2 amide bonds. The number of benzene rings is 2. The molecule has 0 fully saturated rings. The minimum Gasteiger partial charge on any atom is -0.334 e. The first-order valence-electron chi connectivity index (χ1n) is 10.6. The van der Waals surface area contributed by atoms with Crippen molar-refractivity contribution in [3.05, 3.63) is 87.2 Å². The summed E-state index contributed by atoms with van der Waals surface area (Å²) in [6.07, 6.45) is 6.09. The van der Waals surface area contributed by atoms with Crippen LogP contribution in [0, 0.1) is 11.6 Å². The Hall–Kier alpha value is -2.95. The van der Waals surface area contributed by atoms with Gasteiger partial charge in [-0.1, -0.05) is 35.3 Å². The van der Waals surface area contributed by atoms with Crippen LogP contribution in [0.1, 0.15) is 29.7 Å². The molecule has 3 aromatic rings. The molecule has 2 aromatic carbocycles. The topological polar surface area (TPSA) is 93.1 Å². The lowest BCUT2D eigenvalue weighted by molar-refractivity contribution is 0.247. The number of carbonyl (C=O) groups excluding carboxylic acids is 1. The minimum absolute atomic E-state index is 0.0283. The molecule has 0 aliphatic heterocycles. The summed E-state index contributed by atoms with van der Waals surface area (Å²) in [6, 6.07) is 6.02. The number of aromatic nitrogens is 2. The zero-order valence-electron chi connectivity index (χ0n) is 18.2. The molecule has 12 heteroatoms. The second kappa shape index (κ2) is 10.3. The summed E-state index contributed by atoms with van der Waals surface area (Å²) in [5.41, 5.74) is 3.78. The van der Waals surface area contributed by atoms with Gasteiger partial charge in [0.2, 0.25) is 0 Å². The maximum Gasteiger partial charge on any atom is 0.328 e. The highest BCUT2D eigenvalue weighted by Gasteiger charge is 2.21. The van der Waals surface area contributed by atoms with Crippen molar-refractivity contribution in [2.24, 2.45) is 0 Å². The molecule has 1 aliphatic rings. The number of halogens is 4. The van der Waals surface area contributed by atoms with Crippen molar-refractivity contribution < 1.29 is 22.0 Å². The number of nitrogens with one attached hydrogen (secondary N) is 2. The third-order valence-corrected chi connectivity index (χ3v) is 7.33. The van der Waals surface area contributed by atoms with Gasteiger partial charge in [-0.05, 0) is 60.2 Å². The highest BCUT2D eigenvalue weighted by molar-refractivity contribution is 7.90. The molecule has 0 unspecified atom stereocenters. The fourth-order valence-electron chi connectivity index (χ4n) is 3.86. The number of allylic oxidation sites excluding steroid dienone is 1. The highest BCUT2D eigenvalue weighted by atomic mass is 35.5. The second-order valence-corrected chi connectivity index (χ2v) is 10.4. The number of nitrogens with zero attached hydrogens (tertiary/aromatic N) is 2. The number of rotatable bonds is 6. The molecule has 184 valence electrons. The summed E-state index contributed by atoms with van der Waals surface area (Å²) in [5, 5.41) is 7.99. The van der Waals surface area contributed by atoms with E-state index in [4.69, 9.17) is 23.2 Å². The second-order valence-electron chi connectivity index (χ2n) is 7.92. The number of carbonyl (C=O) groups is 1. The maximum absolute atomic E-state index is 13.3. The summed E-state index contributed by atoms with van der Waals surface area (Å²) < 4.78 is 54.8. The van der Waals surface area contributed by atoms with Crippen LogP contribution in [0.15, 0.2) is 53.6 Å². The number of fused-ring (bicyclic) bond motifs is 1. The third-order valence-electron chi connectivity index (χ3n) is 5.43. The van der Waals surface area contributed by atoms with Gasteiger partial charge in [-0.25, -0.2) is 26.7 Å². The zero-order chi connectivity index (χ0) is 25.2. The Morgan fingerprint density at radius 1 is 1.11 bits per heavy atom. The summed E-state index contributed by atoms with van der Waals surface area (Å²) in [5.74, 6) is -2.14. The van der Waals surface area contributed by atoms with Crippen molar-refractivity contribution >= 4 is 44.8 Å². The zero-order valence-corrected chi connectivity index (χ0v) is 20.5. The summed E-state index contributed by atoms with van der Waals surface area (Å²) >= 11 is 12.3. The average Bonchev–Trinajstić information content (AvgIpc) is 3.18. The summed E-state index contributed by atoms with van der Waals surface area (Å²) in [4.78, 5) is 11.5.